The number of urea groups is 1. The number of hydrogen-bond donors (Lipinski definition) is 2. The quantitative estimate of drug-likeness (QED) is 0.369. The van der Waals surface area contributed by atoms with Gasteiger partial charge in [-0.05, 0) is 73.2 Å². The van der Waals surface area contributed by atoms with Crippen LogP contribution in [0.2, 0.25) is 0 Å². The van der Waals surface area contributed by atoms with E-state index in [0.29, 0.717) is 12.1 Å². The zero-order chi connectivity index (χ0) is 26.3. The van der Waals surface area contributed by atoms with E-state index >= 15 is 0 Å². The van der Waals surface area contributed by atoms with E-state index in [9.17, 15) is 4.79 Å². The molecule has 38 heavy (non-hydrogen) atoms. The van der Waals surface area contributed by atoms with Crippen LogP contribution in [0.1, 0.15) is 36.8 Å². The van der Waals surface area contributed by atoms with Crippen molar-refractivity contribution in [3.63, 3.8) is 0 Å². The van der Waals surface area contributed by atoms with Crippen LogP contribution in [0.15, 0.2) is 79.5 Å². The van der Waals surface area contributed by atoms with Crippen LogP contribution in [-0.2, 0) is 13.6 Å². The molecule has 4 aromatic rings. The second-order valence-corrected chi connectivity index (χ2v) is 9.53. The molecule has 0 aliphatic heterocycles. The molecule has 0 radical (unpaired) electrons. The van der Waals surface area contributed by atoms with E-state index in [1.807, 2.05) is 66.8 Å². The molecule has 0 unspecified atom stereocenters. The Kier molecular flexibility index (Phi) is 7.59. The molecule has 1 saturated carbocycles. The van der Waals surface area contributed by atoms with Gasteiger partial charge in [0, 0.05) is 61.7 Å². The standard InChI is InChI=1S/C29H30N8O/c1-36-20-24(19-34-36)23-3-7-26(8-4-23)37(29(38)33-17-21-12-14-31-15-13-21)27-9-5-25(6-10-27)35-28-11-2-22(16-30)18-32-28/h2-4,7-8,11-15,18-20,25,27H,5-6,9-10,17H2,1H3,(H,32,35)(H,33,38). The Hall–Kier alpha value is -4.71. The summed E-state index contributed by atoms with van der Waals surface area (Å²) in [5.41, 5.74) is 4.51. The summed E-state index contributed by atoms with van der Waals surface area (Å²) >= 11 is 0. The topological polar surface area (TPSA) is 112 Å². The van der Waals surface area contributed by atoms with Crippen LogP contribution >= 0.6 is 0 Å². The highest BCUT2D eigenvalue weighted by Crippen LogP contribution is 2.31. The summed E-state index contributed by atoms with van der Waals surface area (Å²) in [4.78, 5) is 23.8. The molecule has 1 aliphatic rings. The predicted molar refractivity (Wildman–Crippen MR) is 146 cm³/mol. The van der Waals surface area contributed by atoms with Crippen LogP contribution < -0.4 is 15.5 Å². The molecular weight excluding hydrogens is 476 g/mol. The van der Waals surface area contributed by atoms with Gasteiger partial charge in [-0.1, -0.05) is 12.1 Å². The van der Waals surface area contributed by atoms with Crippen LogP contribution in [0.3, 0.4) is 0 Å². The molecule has 0 atom stereocenters. The maximum atomic E-state index is 13.5. The third-order valence-corrected chi connectivity index (χ3v) is 6.90. The van der Waals surface area contributed by atoms with Crippen molar-refractivity contribution in [1.29, 1.82) is 5.26 Å². The SMILES string of the molecule is Cn1cc(-c2ccc(N(C(=O)NCc3ccncc3)C3CCC(Nc4ccc(C#N)cn4)CC3)cc2)cn1. The van der Waals surface area contributed by atoms with Crippen molar-refractivity contribution < 1.29 is 4.79 Å². The Labute approximate surface area is 222 Å². The number of carbonyl (C=O) groups is 1. The first-order chi connectivity index (χ1) is 18.6. The number of amides is 2. The lowest BCUT2D eigenvalue weighted by atomic mass is 9.89. The molecule has 9 heteroatoms. The van der Waals surface area contributed by atoms with Crippen LogP contribution in [0.5, 0.6) is 0 Å². The van der Waals surface area contributed by atoms with Gasteiger partial charge in [-0.3, -0.25) is 14.6 Å². The monoisotopic (exact) mass is 506 g/mol. The molecule has 1 aliphatic carbocycles. The van der Waals surface area contributed by atoms with Crippen molar-refractivity contribution in [1.82, 2.24) is 25.1 Å². The number of carbonyl (C=O) groups excluding carboxylic acids is 1. The van der Waals surface area contributed by atoms with Crippen molar-refractivity contribution in [2.24, 2.45) is 7.05 Å². The summed E-state index contributed by atoms with van der Waals surface area (Å²) in [6.07, 6.45) is 12.4. The highest BCUT2D eigenvalue weighted by Gasteiger charge is 2.30. The first-order valence-electron chi connectivity index (χ1n) is 12.8. The van der Waals surface area contributed by atoms with E-state index in [1.165, 1.54) is 0 Å². The van der Waals surface area contributed by atoms with Crippen LogP contribution in [0.25, 0.3) is 11.1 Å². The molecule has 0 spiro atoms. The fourth-order valence-electron chi connectivity index (χ4n) is 4.88. The van der Waals surface area contributed by atoms with E-state index < -0.39 is 0 Å². The minimum Gasteiger partial charge on any atom is -0.367 e. The van der Waals surface area contributed by atoms with E-state index in [-0.39, 0.29) is 18.1 Å². The molecular formula is C29H30N8O. The van der Waals surface area contributed by atoms with Gasteiger partial charge >= 0.3 is 6.03 Å². The zero-order valence-corrected chi connectivity index (χ0v) is 21.3. The van der Waals surface area contributed by atoms with E-state index in [4.69, 9.17) is 5.26 Å². The largest absolute Gasteiger partial charge is 0.367 e. The molecule has 9 nitrogen and oxygen atoms in total. The maximum Gasteiger partial charge on any atom is 0.322 e. The first-order valence-corrected chi connectivity index (χ1v) is 12.8. The molecule has 2 amide bonds. The van der Waals surface area contributed by atoms with Crippen molar-refractivity contribution in [2.45, 2.75) is 44.3 Å². The van der Waals surface area contributed by atoms with E-state index in [0.717, 1.165) is 53.9 Å². The zero-order valence-electron chi connectivity index (χ0n) is 21.3. The van der Waals surface area contributed by atoms with Crippen molar-refractivity contribution >= 4 is 17.5 Å². The van der Waals surface area contributed by atoms with Gasteiger partial charge in [0.25, 0.3) is 0 Å². The number of pyridine rings is 2. The third kappa shape index (κ3) is 5.98. The summed E-state index contributed by atoms with van der Waals surface area (Å²) in [6.45, 7) is 0.437. The second kappa shape index (κ2) is 11.6. The van der Waals surface area contributed by atoms with Gasteiger partial charge in [0.1, 0.15) is 11.9 Å². The number of nitriles is 1. The number of hydrogen-bond acceptors (Lipinski definition) is 6. The van der Waals surface area contributed by atoms with Crippen LogP contribution in [0.4, 0.5) is 16.3 Å². The smallest absolute Gasteiger partial charge is 0.322 e. The van der Waals surface area contributed by atoms with Crippen LogP contribution in [-0.4, -0.2) is 37.9 Å². The van der Waals surface area contributed by atoms with Gasteiger partial charge in [-0.15, -0.1) is 0 Å². The molecule has 192 valence electrons. The first kappa shape index (κ1) is 25.0. The number of anilines is 2. The predicted octanol–water partition coefficient (Wildman–Crippen LogP) is 4.89. The Bertz CT molecular complexity index is 1390. The molecule has 1 aromatic carbocycles. The Morgan fingerprint density at radius 2 is 1.79 bits per heavy atom. The number of aromatic nitrogens is 4. The molecule has 1 fully saturated rings. The highest BCUT2D eigenvalue weighted by atomic mass is 16.2. The Morgan fingerprint density at radius 3 is 2.42 bits per heavy atom. The molecule has 5 rings (SSSR count). The summed E-state index contributed by atoms with van der Waals surface area (Å²) in [6, 6.07) is 17.8. The summed E-state index contributed by atoms with van der Waals surface area (Å²) < 4.78 is 1.78. The molecule has 0 saturated heterocycles. The van der Waals surface area contributed by atoms with Gasteiger partial charge < -0.3 is 10.6 Å². The van der Waals surface area contributed by atoms with Gasteiger partial charge in [-0.25, -0.2) is 9.78 Å². The average Bonchev–Trinajstić information content (AvgIpc) is 3.40. The Balaban J connectivity index is 1.29. The average molecular weight is 507 g/mol. The summed E-state index contributed by atoms with van der Waals surface area (Å²) in [7, 11) is 1.90. The third-order valence-electron chi connectivity index (χ3n) is 6.90. The molecule has 2 N–H and O–H groups in total. The lowest BCUT2D eigenvalue weighted by Gasteiger charge is -2.37. The molecule has 3 aromatic heterocycles. The lowest BCUT2D eigenvalue weighted by molar-refractivity contribution is 0.240. The number of aryl methyl sites for hydroxylation is 1. The van der Waals surface area contributed by atoms with E-state index in [2.05, 4.69) is 31.8 Å². The number of nitrogens with zero attached hydrogens (tertiary/aromatic N) is 6. The fraction of sp³-hybridized carbons (Fsp3) is 0.276. The van der Waals surface area contributed by atoms with Crippen molar-refractivity contribution in [2.75, 3.05) is 10.2 Å². The summed E-state index contributed by atoms with van der Waals surface area (Å²) in [5.74, 6) is 0.769. The summed E-state index contributed by atoms with van der Waals surface area (Å²) in [5, 5.41) is 19.8. The highest BCUT2D eigenvalue weighted by molar-refractivity contribution is 5.93. The van der Waals surface area contributed by atoms with Gasteiger partial charge in [0.2, 0.25) is 0 Å². The molecule has 3 heterocycles. The Morgan fingerprint density at radius 1 is 1.03 bits per heavy atom. The van der Waals surface area contributed by atoms with Gasteiger partial charge in [0.05, 0.1) is 11.8 Å². The lowest BCUT2D eigenvalue weighted by Crippen LogP contribution is -2.48. The molecule has 0 bridgehead atoms. The normalized spacial score (nSPS) is 16.8. The number of benzene rings is 1. The van der Waals surface area contributed by atoms with Gasteiger partial charge in [0.15, 0.2) is 0 Å². The van der Waals surface area contributed by atoms with Gasteiger partial charge in [-0.2, -0.15) is 10.4 Å². The second-order valence-electron chi connectivity index (χ2n) is 9.53. The van der Waals surface area contributed by atoms with Crippen LogP contribution in [0, 0.1) is 11.3 Å². The minimum atomic E-state index is -0.110. The fourth-order valence-corrected chi connectivity index (χ4v) is 4.88. The minimum absolute atomic E-state index is 0.0728. The van der Waals surface area contributed by atoms with Crippen molar-refractivity contribution in [3.8, 4) is 17.2 Å². The number of nitrogens with one attached hydrogen (secondary N) is 2. The number of rotatable bonds is 7. The van der Waals surface area contributed by atoms with E-state index in [1.54, 1.807) is 29.3 Å². The maximum absolute atomic E-state index is 13.5. The van der Waals surface area contributed by atoms with Crippen molar-refractivity contribution in [3.05, 3.63) is 90.6 Å².